The van der Waals surface area contributed by atoms with Crippen LogP contribution in [-0.4, -0.2) is 26.6 Å². The molecule has 4 rings (SSSR count). The number of aliphatic hydroxyl groups excluding tert-OH is 1. The predicted octanol–water partition coefficient (Wildman–Crippen LogP) is 4.23. The molecule has 0 unspecified atom stereocenters. The van der Waals surface area contributed by atoms with E-state index in [1.807, 2.05) is 30.3 Å². The van der Waals surface area contributed by atoms with Crippen molar-refractivity contribution in [3.05, 3.63) is 94.0 Å². The number of aliphatic hydroxyl groups is 1. The number of hydrogen-bond acceptors (Lipinski definition) is 4. The molecule has 0 radical (unpaired) electrons. The number of halogens is 1. The van der Waals surface area contributed by atoms with Crippen LogP contribution >= 0.6 is 11.6 Å². The minimum atomic E-state index is -0.780. The Bertz CT molecular complexity index is 1170. The molecule has 6 nitrogen and oxygen atoms in total. The number of aromatic amines is 2. The number of anilines is 1. The van der Waals surface area contributed by atoms with E-state index >= 15 is 0 Å². The van der Waals surface area contributed by atoms with Gasteiger partial charge in [0.15, 0.2) is 0 Å². The lowest BCUT2D eigenvalue weighted by Crippen LogP contribution is -2.17. The number of aromatic nitrogens is 3. The van der Waals surface area contributed by atoms with E-state index in [-0.39, 0.29) is 12.1 Å². The van der Waals surface area contributed by atoms with Gasteiger partial charge >= 0.3 is 0 Å². The quantitative estimate of drug-likeness (QED) is 0.385. The van der Waals surface area contributed by atoms with Gasteiger partial charge in [0, 0.05) is 17.8 Å². The largest absolute Gasteiger partial charge is 0.387 e. The summed E-state index contributed by atoms with van der Waals surface area (Å²) in [5.41, 5.74) is 3.16. The number of imidazole rings is 1. The number of nitrogens with zero attached hydrogens (tertiary/aromatic N) is 1. The van der Waals surface area contributed by atoms with Crippen molar-refractivity contribution in [3.8, 4) is 22.6 Å². The van der Waals surface area contributed by atoms with Crippen LogP contribution in [0.1, 0.15) is 11.7 Å². The first kappa shape index (κ1) is 19.0. The molecule has 146 valence electrons. The van der Waals surface area contributed by atoms with Crippen LogP contribution in [0.15, 0.2) is 77.9 Å². The van der Waals surface area contributed by atoms with Gasteiger partial charge in [-0.1, -0.05) is 54.1 Å². The zero-order valence-corrected chi connectivity index (χ0v) is 16.1. The summed E-state index contributed by atoms with van der Waals surface area (Å²) < 4.78 is 0. The maximum absolute atomic E-state index is 12.5. The fraction of sp³-hybridized carbons (Fsp3) is 0.0909. The molecule has 2 heterocycles. The van der Waals surface area contributed by atoms with Crippen molar-refractivity contribution in [1.29, 1.82) is 0 Å². The van der Waals surface area contributed by atoms with Crippen LogP contribution in [-0.2, 0) is 0 Å². The third-order valence-corrected chi connectivity index (χ3v) is 4.81. The predicted molar refractivity (Wildman–Crippen MR) is 115 cm³/mol. The Hall–Kier alpha value is -3.35. The third-order valence-electron chi connectivity index (χ3n) is 4.58. The Morgan fingerprint density at radius 1 is 1.10 bits per heavy atom. The number of rotatable bonds is 6. The molecule has 0 spiro atoms. The molecule has 0 aliphatic heterocycles. The van der Waals surface area contributed by atoms with Crippen molar-refractivity contribution in [2.24, 2.45) is 0 Å². The lowest BCUT2D eigenvalue weighted by atomic mass is 10.1. The third kappa shape index (κ3) is 4.23. The molecule has 0 bridgehead atoms. The average Bonchev–Trinajstić information content (AvgIpc) is 3.22. The van der Waals surface area contributed by atoms with Gasteiger partial charge < -0.3 is 20.4 Å². The van der Waals surface area contributed by atoms with Crippen LogP contribution in [0.5, 0.6) is 0 Å². The molecule has 4 N–H and O–H groups in total. The van der Waals surface area contributed by atoms with Gasteiger partial charge in [-0.05, 0) is 29.3 Å². The average molecular weight is 407 g/mol. The van der Waals surface area contributed by atoms with E-state index in [0.29, 0.717) is 27.7 Å². The summed E-state index contributed by atoms with van der Waals surface area (Å²) in [5.74, 6) is 0.449. The van der Waals surface area contributed by atoms with Gasteiger partial charge in [-0.25, -0.2) is 4.98 Å². The fourth-order valence-electron chi connectivity index (χ4n) is 3.11. The molecule has 1 atom stereocenters. The second-order valence-corrected chi connectivity index (χ2v) is 7.00. The first-order chi connectivity index (χ1) is 14.1. The van der Waals surface area contributed by atoms with Crippen molar-refractivity contribution in [1.82, 2.24) is 15.0 Å². The van der Waals surface area contributed by atoms with Crippen LogP contribution in [0.2, 0.25) is 5.02 Å². The SMILES string of the molecule is O=c1[nH]ccc(NC[C@@H](O)c2cccc(Cl)c2)c1-c1ncc(-c2ccccc2)[nH]1. The Morgan fingerprint density at radius 2 is 1.93 bits per heavy atom. The van der Waals surface area contributed by atoms with Crippen molar-refractivity contribution in [2.75, 3.05) is 11.9 Å². The Kier molecular flexibility index (Phi) is 5.46. The number of hydrogen-bond donors (Lipinski definition) is 4. The van der Waals surface area contributed by atoms with E-state index in [1.54, 1.807) is 42.7 Å². The summed E-state index contributed by atoms with van der Waals surface area (Å²) >= 11 is 6.00. The van der Waals surface area contributed by atoms with Gasteiger partial charge in [0.2, 0.25) is 0 Å². The van der Waals surface area contributed by atoms with E-state index in [1.165, 1.54) is 0 Å². The fourth-order valence-corrected chi connectivity index (χ4v) is 3.31. The van der Waals surface area contributed by atoms with Gasteiger partial charge in [0.1, 0.15) is 11.4 Å². The van der Waals surface area contributed by atoms with Crippen molar-refractivity contribution in [3.63, 3.8) is 0 Å². The molecular formula is C22H19ClN4O2. The van der Waals surface area contributed by atoms with E-state index < -0.39 is 6.10 Å². The molecule has 4 aromatic rings. The van der Waals surface area contributed by atoms with E-state index in [0.717, 1.165) is 11.3 Å². The molecule has 0 aliphatic rings. The van der Waals surface area contributed by atoms with Gasteiger partial charge in [-0.2, -0.15) is 0 Å². The summed E-state index contributed by atoms with van der Waals surface area (Å²) in [6.07, 6.45) is 2.47. The van der Waals surface area contributed by atoms with E-state index in [2.05, 4.69) is 20.3 Å². The van der Waals surface area contributed by atoms with Crippen LogP contribution in [0.25, 0.3) is 22.6 Å². The zero-order valence-electron chi connectivity index (χ0n) is 15.4. The standard InChI is InChI=1S/C22H19ClN4O2/c23-16-8-4-7-15(11-16)19(28)13-25-17-9-10-24-22(29)20(17)21-26-12-18(27-21)14-5-2-1-3-6-14/h1-12,19,28H,13H2,(H,26,27)(H2,24,25,29)/t19-/m1/s1. The summed E-state index contributed by atoms with van der Waals surface area (Å²) in [7, 11) is 0. The van der Waals surface area contributed by atoms with E-state index in [4.69, 9.17) is 11.6 Å². The van der Waals surface area contributed by atoms with Crippen LogP contribution in [0.3, 0.4) is 0 Å². The van der Waals surface area contributed by atoms with E-state index in [9.17, 15) is 9.90 Å². The van der Waals surface area contributed by atoms with Crippen molar-refractivity contribution in [2.45, 2.75) is 6.10 Å². The highest BCUT2D eigenvalue weighted by molar-refractivity contribution is 6.30. The highest BCUT2D eigenvalue weighted by atomic mass is 35.5. The zero-order chi connectivity index (χ0) is 20.2. The number of H-pyrrole nitrogens is 2. The Balaban J connectivity index is 1.60. The first-order valence-electron chi connectivity index (χ1n) is 9.11. The van der Waals surface area contributed by atoms with Gasteiger partial charge in [0.05, 0.1) is 23.7 Å². The maximum Gasteiger partial charge on any atom is 0.261 e. The molecule has 0 saturated carbocycles. The molecule has 2 aromatic heterocycles. The molecule has 0 fully saturated rings. The summed E-state index contributed by atoms with van der Waals surface area (Å²) in [6, 6.07) is 18.5. The summed E-state index contributed by atoms with van der Waals surface area (Å²) in [4.78, 5) is 22.8. The number of pyridine rings is 1. The lowest BCUT2D eigenvalue weighted by molar-refractivity contribution is 0.191. The van der Waals surface area contributed by atoms with Crippen LogP contribution in [0, 0.1) is 0 Å². The van der Waals surface area contributed by atoms with Gasteiger partial charge in [-0.3, -0.25) is 4.79 Å². The lowest BCUT2D eigenvalue weighted by Gasteiger charge is -2.15. The molecule has 7 heteroatoms. The van der Waals surface area contributed by atoms with Gasteiger partial charge in [-0.15, -0.1) is 0 Å². The molecule has 0 amide bonds. The highest BCUT2D eigenvalue weighted by Gasteiger charge is 2.15. The van der Waals surface area contributed by atoms with Crippen LogP contribution in [0.4, 0.5) is 5.69 Å². The Labute approximate surface area is 172 Å². The molecule has 0 aliphatic carbocycles. The normalized spacial score (nSPS) is 11.9. The topological polar surface area (TPSA) is 93.8 Å². The number of nitrogens with one attached hydrogen (secondary N) is 3. The van der Waals surface area contributed by atoms with Crippen LogP contribution < -0.4 is 10.9 Å². The van der Waals surface area contributed by atoms with Crippen molar-refractivity contribution >= 4 is 17.3 Å². The molecule has 2 aromatic carbocycles. The second kappa shape index (κ2) is 8.34. The monoisotopic (exact) mass is 406 g/mol. The molecule has 0 saturated heterocycles. The minimum absolute atomic E-state index is 0.211. The molecular weight excluding hydrogens is 388 g/mol. The highest BCUT2D eigenvalue weighted by Crippen LogP contribution is 2.26. The first-order valence-corrected chi connectivity index (χ1v) is 9.49. The smallest absolute Gasteiger partial charge is 0.261 e. The summed E-state index contributed by atoms with van der Waals surface area (Å²) in [5, 5.41) is 14.2. The maximum atomic E-state index is 12.5. The Morgan fingerprint density at radius 3 is 2.72 bits per heavy atom. The summed E-state index contributed by atoms with van der Waals surface area (Å²) in [6.45, 7) is 0.211. The second-order valence-electron chi connectivity index (χ2n) is 6.56. The number of benzene rings is 2. The van der Waals surface area contributed by atoms with Gasteiger partial charge in [0.25, 0.3) is 5.56 Å². The molecule has 29 heavy (non-hydrogen) atoms. The van der Waals surface area contributed by atoms with Crippen molar-refractivity contribution < 1.29 is 5.11 Å². The minimum Gasteiger partial charge on any atom is -0.387 e.